The first kappa shape index (κ1) is 23.3. The number of Topliss-reactive ketones (excluding diaryl/α,β-unsaturated/α-hetero) is 1. The fraction of sp³-hybridized carbons (Fsp3) is 0.250. The molecule has 1 aliphatic carbocycles. The van der Waals surface area contributed by atoms with Gasteiger partial charge in [0.1, 0.15) is 0 Å². The third kappa shape index (κ3) is 4.36. The number of carbonyl (C=O) groups is 1. The maximum absolute atomic E-state index is 13.8. The molecule has 35 heavy (non-hydrogen) atoms. The summed E-state index contributed by atoms with van der Waals surface area (Å²) in [6.07, 6.45) is 1.07. The smallest absolute Gasteiger partial charge is 0.203 e. The Balaban J connectivity index is 1.60. The van der Waals surface area contributed by atoms with Crippen LogP contribution in [-0.2, 0) is 4.79 Å². The van der Waals surface area contributed by atoms with Gasteiger partial charge in [-0.3, -0.25) is 4.79 Å². The lowest BCUT2D eigenvalue weighted by atomic mass is 9.78. The van der Waals surface area contributed by atoms with E-state index >= 15 is 0 Å². The summed E-state index contributed by atoms with van der Waals surface area (Å²) >= 11 is 3.58. The number of halogens is 1. The van der Waals surface area contributed by atoms with Crippen LogP contribution >= 0.6 is 15.9 Å². The summed E-state index contributed by atoms with van der Waals surface area (Å²) in [4.78, 5) is 13.8. The first-order valence-electron chi connectivity index (χ1n) is 11.5. The molecule has 0 amide bonds. The Hall–Kier alpha value is -3.45. The fourth-order valence-electron chi connectivity index (χ4n) is 5.00. The molecule has 2 N–H and O–H groups in total. The standard InChI is InChI=1S/C28H27BrN2O4/c1-33-24-14-18(15-25(34-2)28(24)35-3)17-12-22-26(23(32)13-17)27(16-7-6-8-19(29)11-16)31-21-10-5-4-9-20(21)30-22/h4-11,14-15,17,27,30-31H,12-13H2,1-3H3/t17-,27-/m0/s1. The minimum atomic E-state index is -0.257. The highest BCUT2D eigenvalue weighted by atomic mass is 79.9. The van der Waals surface area contributed by atoms with Gasteiger partial charge in [0, 0.05) is 22.2 Å². The van der Waals surface area contributed by atoms with Gasteiger partial charge in [0.25, 0.3) is 0 Å². The van der Waals surface area contributed by atoms with E-state index in [1.165, 1.54) is 0 Å². The van der Waals surface area contributed by atoms with Crippen LogP contribution in [0.4, 0.5) is 11.4 Å². The van der Waals surface area contributed by atoms with Crippen LogP contribution in [0.3, 0.4) is 0 Å². The van der Waals surface area contributed by atoms with E-state index in [9.17, 15) is 4.79 Å². The van der Waals surface area contributed by atoms with Crippen LogP contribution in [0.2, 0.25) is 0 Å². The van der Waals surface area contributed by atoms with Crippen LogP contribution in [0.1, 0.15) is 35.9 Å². The molecule has 1 aliphatic heterocycles. The van der Waals surface area contributed by atoms with Gasteiger partial charge in [-0.15, -0.1) is 0 Å². The monoisotopic (exact) mass is 534 g/mol. The van der Waals surface area contributed by atoms with Crippen molar-refractivity contribution in [3.63, 3.8) is 0 Å². The van der Waals surface area contributed by atoms with Gasteiger partial charge in [-0.05, 0) is 59.9 Å². The quantitative estimate of drug-likeness (QED) is 0.391. The molecule has 3 aromatic rings. The number of ether oxygens (including phenoxy) is 3. The van der Waals surface area contributed by atoms with Crippen molar-refractivity contribution in [2.75, 3.05) is 32.0 Å². The molecular weight excluding hydrogens is 508 g/mol. The summed E-state index contributed by atoms with van der Waals surface area (Å²) < 4.78 is 17.6. The van der Waals surface area contributed by atoms with Crippen molar-refractivity contribution in [2.24, 2.45) is 0 Å². The van der Waals surface area contributed by atoms with Crippen molar-refractivity contribution >= 4 is 33.1 Å². The number of carbonyl (C=O) groups excluding carboxylic acids is 1. The largest absolute Gasteiger partial charge is 0.493 e. The van der Waals surface area contributed by atoms with Crippen molar-refractivity contribution in [1.29, 1.82) is 0 Å². The molecule has 0 aromatic heterocycles. The number of allylic oxidation sites excluding steroid dienone is 1. The van der Waals surface area contributed by atoms with Gasteiger partial charge in [0.2, 0.25) is 5.75 Å². The highest BCUT2D eigenvalue weighted by molar-refractivity contribution is 9.10. The SMILES string of the molecule is COc1cc([C@@H]2CC(=O)C3=C(C2)Nc2ccccc2N[C@H]3c2cccc(Br)c2)cc(OC)c1OC. The predicted molar refractivity (Wildman–Crippen MR) is 141 cm³/mol. The Morgan fingerprint density at radius 2 is 1.54 bits per heavy atom. The number of hydrogen-bond acceptors (Lipinski definition) is 6. The second-order valence-electron chi connectivity index (χ2n) is 8.68. The van der Waals surface area contributed by atoms with E-state index in [1.54, 1.807) is 21.3 Å². The number of benzene rings is 3. The molecule has 0 saturated heterocycles. The van der Waals surface area contributed by atoms with Gasteiger partial charge in [-0.1, -0.05) is 40.2 Å². The van der Waals surface area contributed by atoms with Crippen LogP contribution in [-0.4, -0.2) is 27.1 Å². The number of fused-ring (bicyclic) bond motifs is 1. The maximum atomic E-state index is 13.8. The van der Waals surface area contributed by atoms with Crippen molar-refractivity contribution in [1.82, 2.24) is 0 Å². The summed E-state index contributed by atoms with van der Waals surface area (Å²) in [5.41, 5.74) is 5.64. The highest BCUT2D eigenvalue weighted by Crippen LogP contribution is 2.47. The van der Waals surface area contributed by atoms with Crippen LogP contribution in [0, 0.1) is 0 Å². The van der Waals surface area contributed by atoms with E-state index in [1.807, 2.05) is 48.5 Å². The molecule has 7 heteroatoms. The summed E-state index contributed by atoms with van der Waals surface area (Å²) in [6.45, 7) is 0. The van der Waals surface area contributed by atoms with E-state index in [0.717, 1.165) is 38.2 Å². The molecule has 0 saturated carbocycles. The number of hydrogen-bond donors (Lipinski definition) is 2. The van der Waals surface area contributed by atoms with Crippen LogP contribution < -0.4 is 24.8 Å². The van der Waals surface area contributed by atoms with Gasteiger partial charge in [-0.2, -0.15) is 0 Å². The summed E-state index contributed by atoms with van der Waals surface area (Å²) in [7, 11) is 4.79. The van der Waals surface area contributed by atoms with Gasteiger partial charge >= 0.3 is 0 Å². The highest BCUT2D eigenvalue weighted by Gasteiger charge is 2.36. The van der Waals surface area contributed by atoms with E-state index in [-0.39, 0.29) is 17.7 Å². The second kappa shape index (κ2) is 9.66. The number of methoxy groups -OCH3 is 3. The minimum Gasteiger partial charge on any atom is -0.493 e. The van der Waals surface area contributed by atoms with Gasteiger partial charge in [0.15, 0.2) is 17.3 Å². The number of nitrogens with one attached hydrogen (secondary N) is 2. The molecule has 6 nitrogen and oxygen atoms in total. The van der Waals surface area contributed by atoms with Crippen molar-refractivity contribution in [3.05, 3.63) is 87.5 Å². The molecule has 180 valence electrons. The zero-order chi connectivity index (χ0) is 24.5. The molecule has 0 fully saturated rings. The van der Waals surface area contributed by atoms with E-state index in [4.69, 9.17) is 14.2 Å². The maximum Gasteiger partial charge on any atom is 0.203 e. The molecule has 2 aliphatic rings. The average molecular weight is 535 g/mol. The van der Waals surface area contributed by atoms with Gasteiger partial charge in [-0.25, -0.2) is 0 Å². The molecule has 0 spiro atoms. The van der Waals surface area contributed by atoms with Crippen LogP contribution in [0.25, 0.3) is 0 Å². The van der Waals surface area contributed by atoms with Crippen LogP contribution in [0.5, 0.6) is 17.2 Å². The zero-order valence-corrected chi connectivity index (χ0v) is 21.4. The molecule has 0 unspecified atom stereocenters. The van der Waals surface area contributed by atoms with Crippen molar-refractivity contribution in [2.45, 2.75) is 24.8 Å². The number of ketones is 1. The first-order valence-corrected chi connectivity index (χ1v) is 12.3. The minimum absolute atomic E-state index is 0.0316. The van der Waals surface area contributed by atoms with Crippen LogP contribution in [0.15, 0.2) is 76.4 Å². The summed E-state index contributed by atoms with van der Waals surface area (Å²) in [6, 6.07) is 19.8. The Morgan fingerprint density at radius 1 is 0.829 bits per heavy atom. The Labute approximate surface area is 213 Å². The Kier molecular flexibility index (Phi) is 6.43. The van der Waals surface area contributed by atoms with Crippen molar-refractivity contribution in [3.8, 4) is 17.2 Å². The molecule has 2 atom stereocenters. The molecule has 5 rings (SSSR count). The lowest BCUT2D eigenvalue weighted by Gasteiger charge is -2.30. The van der Waals surface area contributed by atoms with E-state index < -0.39 is 0 Å². The third-order valence-corrected chi connectivity index (χ3v) is 7.14. The molecule has 0 bridgehead atoms. The summed E-state index contributed by atoms with van der Waals surface area (Å²) in [5, 5.41) is 7.20. The number of para-hydroxylation sites is 2. The summed E-state index contributed by atoms with van der Waals surface area (Å²) in [5.74, 6) is 1.80. The Morgan fingerprint density at radius 3 is 2.20 bits per heavy atom. The first-order chi connectivity index (χ1) is 17.0. The molecule has 3 aromatic carbocycles. The molecule has 1 heterocycles. The third-order valence-electron chi connectivity index (χ3n) is 6.65. The topological polar surface area (TPSA) is 68.8 Å². The van der Waals surface area contributed by atoms with Crippen molar-refractivity contribution < 1.29 is 19.0 Å². The molecule has 0 radical (unpaired) electrons. The predicted octanol–water partition coefficient (Wildman–Crippen LogP) is 6.45. The normalized spacial score (nSPS) is 19.0. The van der Waals surface area contributed by atoms with Gasteiger partial charge < -0.3 is 24.8 Å². The molecular formula is C28H27BrN2O4. The lowest BCUT2D eigenvalue weighted by molar-refractivity contribution is -0.116. The Bertz CT molecular complexity index is 1290. The van der Waals surface area contributed by atoms with Gasteiger partial charge in [0.05, 0.1) is 38.7 Å². The number of anilines is 2. The van der Waals surface area contributed by atoms with E-state index in [2.05, 4.69) is 38.7 Å². The average Bonchev–Trinajstić information content (AvgIpc) is 3.04. The van der Waals surface area contributed by atoms with E-state index in [0.29, 0.717) is 30.1 Å². The lowest BCUT2D eigenvalue weighted by Crippen LogP contribution is -2.27. The number of rotatable bonds is 5. The second-order valence-corrected chi connectivity index (χ2v) is 9.60. The fourth-order valence-corrected chi connectivity index (χ4v) is 5.42. The zero-order valence-electron chi connectivity index (χ0n) is 19.9.